The minimum Gasteiger partial charge on any atom is -0.512 e. The molecule has 1 fully saturated rings. The Morgan fingerprint density at radius 1 is 1.25 bits per heavy atom. The molecule has 3 unspecified atom stereocenters. The fourth-order valence-corrected chi connectivity index (χ4v) is 3.54. The van der Waals surface area contributed by atoms with Gasteiger partial charge in [-0.05, 0) is 0 Å². The van der Waals surface area contributed by atoms with Crippen molar-refractivity contribution in [3.05, 3.63) is 11.3 Å². The van der Waals surface area contributed by atoms with Crippen LogP contribution in [0.4, 0.5) is 0 Å². The monoisotopic (exact) mass is 284 g/mol. The number of methoxy groups -OCH3 is 3. The molecule has 1 N–H and O–H groups in total. The number of ketones is 1. The van der Waals surface area contributed by atoms with Crippen molar-refractivity contribution >= 4 is 11.8 Å². The summed E-state index contributed by atoms with van der Waals surface area (Å²) >= 11 is 0. The molecule has 1 saturated carbocycles. The summed E-state index contributed by atoms with van der Waals surface area (Å²) in [5.41, 5.74) is 0.0905. The first kappa shape index (κ1) is 15.0. The lowest BCUT2D eigenvalue weighted by atomic mass is 9.61. The van der Waals surface area contributed by atoms with E-state index in [0.29, 0.717) is 0 Å². The van der Waals surface area contributed by atoms with Crippen LogP contribution in [0.5, 0.6) is 0 Å². The van der Waals surface area contributed by atoms with Crippen LogP contribution in [0.25, 0.3) is 0 Å². The van der Waals surface area contributed by atoms with Gasteiger partial charge in [-0.15, -0.1) is 0 Å². The van der Waals surface area contributed by atoms with Gasteiger partial charge in [-0.1, -0.05) is 6.92 Å². The minimum absolute atomic E-state index is 0.0316. The molecule has 2 rings (SSSR count). The molecule has 6 nitrogen and oxygen atoms in total. The number of esters is 1. The number of fused-ring (bicyclic) bond motifs is 2. The molecule has 3 atom stereocenters. The van der Waals surface area contributed by atoms with Crippen molar-refractivity contribution in [1.82, 2.24) is 0 Å². The summed E-state index contributed by atoms with van der Waals surface area (Å²) in [7, 11) is 4.22. The Bertz CT molecular complexity index is 462. The van der Waals surface area contributed by atoms with E-state index in [4.69, 9.17) is 14.2 Å². The SMILES string of the molecule is COC(=O)C1=C(O)CC2C(C)C(=O)CC1C2(OC)OC. The Hall–Kier alpha value is -1.40. The number of carbonyl (C=O) groups excluding carboxylic acids is 2. The smallest absolute Gasteiger partial charge is 0.337 e. The Balaban J connectivity index is 2.58. The van der Waals surface area contributed by atoms with Crippen LogP contribution in [0.15, 0.2) is 11.3 Å². The highest BCUT2D eigenvalue weighted by atomic mass is 16.7. The molecule has 0 aromatic rings. The number of ether oxygens (including phenoxy) is 3. The van der Waals surface area contributed by atoms with Crippen LogP contribution in [0, 0.1) is 17.8 Å². The fourth-order valence-electron chi connectivity index (χ4n) is 3.54. The predicted molar refractivity (Wildman–Crippen MR) is 68.8 cm³/mol. The summed E-state index contributed by atoms with van der Waals surface area (Å²) in [6.45, 7) is 1.80. The normalized spacial score (nSPS) is 32.2. The van der Waals surface area contributed by atoms with Crippen molar-refractivity contribution in [2.24, 2.45) is 17.8 Å². The molecule has 6 heteroatoms. The molecule has 0 aromatic carbocycles. The highest BCUT2D eigenvalue weighted by molar-refractivity contribution is 5.93. The summed E-state index contributed by atoms with van der Waals surface area (Å²) in [5.74, 6) is -2.98. The summed E-state index contributed by atoms with van der Waals surface area (Å²) in [4.78, 5) is 24.0. The van der Waals surface area contributed by atoms with Gasteiger partial charge in [-0.25, -0.2) is 4.79 Å². The molecule has 2 aliphatic rings. The van der Waals surface area contributed by atoms with Gasteiger partial charge in [0.05, 0.1) is 18.6 Å². The van der Waals surface area contributed by atoms with Crippen LogP contribution in [0.2, 0.25) is 0 Å². The van der Waals surface area contributed by atoms with Gasteiger partial charge in [0.15, 0.2) is 5.79 Å². The second-order valence-electron chi connectivity index (χ2n) is 5.30. The van der Waals surface area contributed by atoms with Crippen molar-refractivity contribution < 1.29 is 28.9 Å². The standard InChI is InChI=1S/C14H20O6/c1-7-8-5-11(16)12(13(17)18-2)9(6-10(7)15)14(8,19-3)20-4/h7-9,16H,5-6H2,1-4H3. The number of carbonyl (C=O) groups is 2. The Labute approximate surface area is 117 Å². The molecule has 0 aromatic heterocycles. The van der Waals surface area contributed by atoms with Crippen molar-refractivity contribution in [2.75, 3.05) is 21.3 Å². The van der Waals surface area contributed by atoms with Crippen molar-refractivity contribution in [3.63, 3.8) is 0 Å². The van der Waals surface area contributed by atoms with Gasteiger partial charge in [0.2, 0.25) is 0 Å². The lowest BCUT2D eigenvalue weighted by Gasteiger charge is -2.52. The summed E-state index contributed by atoms with van der Waals surface area (Å²) in [6, 6.07) is 0. The third kappa shape index (κ3) is 1.86. The summed E-state index contributed by atoms with van der Waals surface area (Å²) < 4.78 is 15.8. The average Bonchev–Trinajstić information content (AvgIpc) is 2.44. The Kier molecular flexibility index (Phi) is 3.88. The molecule has 20 heavy (non-hydrogen) atoms. The maximum absolute atomic E-state index is 12.1. The molecule has 2 aliphatic carbocycles. The van der Waals surface area contributed by atoms with Gasteiger partial charge in [0.25, 0.3) is 0 Å². The van der Waals surface area contributed by atoms with Gasteiger partial charge in [-0.3, -0.25) is 4.79 Å². The van der Waals surface area contributed by atoms with E-state index in [1.54, 1.807) is 6.92 Å². The highest BCUT2D eigenvalue weighted by Gasteiger charge is 2.60. The number of rotatable bonds is 3. The first-order chi connectivity index (χ1) is 9.42. The summed E-state index contributed by atoms with van der Waals surface area (Å²) in [6.07, 6.45) is 0.253. The molecular weight excluding hydrogens is 264 g/mol. The number of hydrogen-bond acceptors (Lipinski definition) is 6. The van der Waals surface area contributed by atoms with Crippen molar-refractivity contribution in [1.29, 1.82) is 0 Å². The van der Waals surface area contributed by atoms with E-state index in [1.165, 1.54) is 21.3 Å². The molecule has 0 aliphatic heterocycles. The molecule has 0 radical (unpaired) electrons. The summed E-state index contributed by atoms with van der Waals surface area (Å²) in [5, 5.41) is 10.2. The molecule has 0 spiro atoms. The Morgan fingerprint density at radius 3 is 2.35 bits per heavy atom. The highest BCUT2D eigenvalue weighted by Crippen LogP contribution is 2.52. The fraction of sp³-hybridized carbons (Fsp3) is 0.714. The lowest BCUT2D eigenvalue weighted by molar-refractivity contribution is -0.285. The van der Waals surface area contributed by atoms with Gasteiger partial charge < -0.3 is 19.3 Å². The number of Topliss-reactive ketones (excluding diaryl/α,β-unsaturated/α-hetero) is 1. The predicted octanol–water partition coefficient (Wildman–Crippen LogP) is 1.21. The van der Waals surface area contributed by atoms with Crippen LogP contribution in [0.1, 0.15) is 19.8 Å². The van der Waals surface area contributed by atoms with E-state index in [0.717, 1.165) is 0 Å². The maximum atomic E-state index is 12.1. The van der Waals surface area contributed by atoms with Crippen LogP contribution in [0.3, 0.4) is 0 Å². The van der Waals surface area contributed by atoms with Crippen LogP contribution in [-0.2, 0) is 23.8 Å². The molecule has 0 amide bonds. The van der Waals surface area contributed by atoms with Gasteiger partial charge >= 0.3 is 5.97 Å². The quantitative estimate of drug-likeness (QED) is 0.619. The third-order valence-electron chi connectivity index (χ3n) is 4.64. The van der Waals surface area contributed by atoms with E-state index < -0.39 is 17.7 Å². The number of aliphatic hydroxyl groups is 1. The van der Waals surface area contributed by atoms with Crippen molar-refractivity contribution in [3.8, 4) is 0 Å². The van der Waals surface area contributed by atoms with E-state index in [-0.39, 0.29) is 41.8 Å². The third-order valence-corrected chi connectivity index (χ3v) is 4.64. The van der Waals surface area contributed by atoms with E-state index in [1.807, 2.05) is 0 Å². The minimum atomic E-state index is -1.08. The largest absolute Gasteiger partial charge is 0.512 e. The first-order valence-electron chi connectivity index (χ1n) is 6.56. The van der Waals surface area contributed by atoms with Crippen LogP contribution >= 0.6 is 0 Å². The second-order valence-corrected chi connectivity index (χ2v) is 5.30. The van der Waals surface area contributed by atoms with E-state index >= 15 is 0 Å². The molecule has 0 heterocycles. The zero-order chi connectivity index (χ0) is 15.1. The Morgan fingerprint density at radius 2 is 1.85 bits per heavy atom. The van der Waals surface area contributed by atoms with Gasteiger partial charge in [0.1, 0.15) is 11.5 Å². The average molecular weight is 284 g/mol. The molecule has 2 bridgehead atoms. The zero-order valence-electron chi connectivity index (χ0n) is 12.1. The zero-order valence-corrected chi connectivity index (χ0v) is 12.1. The van der Waals surface area contributed by atoms with Gasteiger partial charge in [-0.2, -0.15) is 0 Å². The van der Waals surface area contributed by atoms with Crippen LogP contribution < -0.4 is 0 Å². The van der Waals surface area contributed by atoms with E-state index in [2.05, 4.69) is 0 Å². The topological polar surface area (TPSA) is 82.1 Å². The number of hydrogen-bond donors (Lipinski definition) is 1. The first-order valence-corrected chi connectivity index (χ1v) is 6.56. The molecular formula is C14H20O6. The maximum Gasteiger partial charge on any atom is 0.337 e. The van der Waals surface area contributed by atoms with Gasteiger partial charge in [0, 0.05) is 38.9 Å². The molecule has 0 saturated heterocycles. The number of allylic oxidation sites excluding steroid dienone is 1. The second kappa shape index (κ2) is 5.18. The number of aliphatic hydroxyl groups excluding tert-OH is 1. The van der Waals surface area contributed by atoms with E-state index in [9.17, 15) is 14.7 Å². The lowest BCUT2D eigenvalue weighted by Crippen LogP contribution is -2.60. The molecule has 112 valence electrons. The van der Waals surface area contributed by atoms with Crippen LogP contribution in [-0.4, -0.2) is 44.0 Å². The van der Waals surface area contributed by atoms with Crippen molar-refractivity contribution in [2.45, 2.75) is 25.6 Å².